The number of aromatic nitrogens is 3. The Morgan fingerprint density at radius 3 is 2.42 bits per heavy atom. The molecule has 2 aliphatic rings. The lowest BCUT2D eigenvalue weighted by Gasteiger charge is -2.36. The summed E-state index contributed by atoms with van der Waals surface area (Å²) in [5, 5.41) is 7.89. The Bertz CT molecular complexity index is 2090. The number of carbonyl (C=O) groups is 2. The van der Waals surface area contributed by atoms with Gasteiger partial charge in [-0.1, -0.05) is 18.2 Å². The number of piperazine rings is 1. The fraction of sp³-hybridized carbons (Fsp3) is 0.343. The van der Waals surface area contributed by atoms with Crippen molar-refractivity contribution in [3.63, 3.8) is 0 Å². The van der Waals surface area contributed by atoms with E-state index < -0.39 is 45.2 Å². The molecule has 2 amide bonds. The van der Waals surface area contributed by atoms with E-state index in [1.807, 2.05) is 18.2 Å². The quantitative estimate of drug-likeness (QED) is 0.145. The molecule has 4 heterocycles. The largest absolute Gasteiger partial charge is 0.421 e. The average Bonchev–Trinajstić information content (AvgIpc) is 3.11. The van der Waals surface area contributed by atoms with Gasteiger partial charge in [0.1, 0.15) is 23.0 Å². The first-order chi connectivity index (χ1) is 25.2. The average molecular weight is 756 g/mol. The predicted molar refractivity (Wildman–Crippen MR) is 191 cm³/mol. The van der Waals surface area contributed by atoms with Crippen LogP contribution in [-0.4, -0.2) is 79.6 Å². The first-order valence-corrected chi connectivity index (χ1v) is 18.5. The van der Waals surface area contributed by atoms with Gasteiger partial charge >= 0.3 is 6.18 Å². The summed E-state index contributed by atoms with van der Waals surface area (Å²) in [6.07, 6.45) is -1.23. The van der Waals surface area contributed by atoms with E-state index in [2.05, 4.69) is 40.7 Å². The van der Waals surface area contributed by atoms with Crippen LogP contribution in [-0.2, 0) is 38.9 Å². The van der Waals surface area contributed by atoms with Gasteiger partial charge in [-0.3, -0.25) is 24.1 Å². The number of pyridine rings is 1. The van der Waals surface area contributed by atoms with E-state index in [-0.39, 0.29) is 37.1 Å². The van der Waals surface area contributed by atoms with E-state index in [1.165, 1.54) is 19.3 Å². The molecule has 2 saturated heterocycles. The van der Waals surface area contributed by atoms with Crippen LogP contribution >= 0.6 is 0 Å². The summed E-state index contributed by atoms with van der Waals surface area (Å²) in [4.78, 5) is 40.1. The number of hydrogen-bond donors (Lipinski definition) is 3. The van der Waals surface area contributed by atoms with Crippen LogP contribution < -0.4 is 25.2 Å². The molecule has 1 unspecified atom stereocenters. The molecule has 0 aliphatic carbocycles. The van der Waals surface area contributed by atoms with Gasteiger partial charge in [0.15, 0.2) is 0 Å². The minimum absolute atomic E-state index is 0.0682. The summed E-state index contributed by atoms with van der Waals surface area (Å²) < 4.78 is 81.7. The van der Waals surface area contributed by atoms with Gasteiger partial charge in [-0.25, -0.2) is 22.8 Å². The smallest absolute Gasteiger partial charge is 0.369 e. The molecule has 0 radical (unpaired) electrons. The van der Waals surface area contributed by atoms with Gasteiger partial charge in [0.2, 0.25) is 27.8 Å². The third-order valence-corrected chi connectivity index (χ3v) is 10.3. The number of nitrogens with one attached hydrogen (secondary N) is 3. The zero-order valence-corrected chi connectivity index (χ0v) is 29.6. The van der Waals surface area contributed by atoms with Crippen molar-refractivity contribution in [2.45, 2.75) is 38.0 Å². The Balaban J connectivity index is 1.06. The number of rotatable bonds is 11. The van der Waals surface area contributed by atoms with E-state index in [1.54, 1.807) is 30.3 Å². The van der Waals surface area contributed by atoms with Crippen molar-refractivity contribution in [3.05, 3.63) is 95.1 Å². The van der Waals surface area contributed by atoms with Gasteiger partial charge in [0, 0.05) is 87.6 Å². The first kappa shape index (κ1) is 37.4. The SMILES string of the molecule is CN(c1ncccc1CNc1nc(Nc2ccc(N3CCN(Cc4ccc(C5CCC(=O)NC5=O)c(F)c4)CC3)cc2)ncc1C(F)(F)F)S(C)(=O)=O. The van der Waals surface area contributed by atoms with E-state index in [0.717, 1.165) is 34.9 Å². The summed E-state index contributed by atoms with van der Waals surface area (Å²) in [6.45, 7) is 3.19. The highest BCUT2D eigenvalue weighted by Gasteiger charge is 2.35. The first-order valence-electron chi connectivity index (χ1n) is 16.7. The minimum atomic E-state index is -4.76. The van der Waals surface area contributed by atoms with Crippen molar-refractivity contribution in [1.82, 2.24) is 25.2 Å². The molecule has 2 fully saturated rings. The van der Waals surface area contributed by atoms with Crippen molar-refractivity contribution in [3.8, 4) is 0 Å². The maximum atomic E-state index is 15.0. The highest BCUT2D eigenvalue weighted by Crippen LogP contribution is 2.35. The second-order valence-corrected chi connectivity index (χ2v) is 14.8. The Labute approximate surface area is 303 Å². The summed E-state index contributed by atoms with van der Waals surface area (Å²) in [5.41, 5.74) is 1.82. The summed E-state index contributed by atoms with van der Waals surface area (Å²) in [5.74, 6) is -2.46. The molecule has 2 aliphatic heterocycles. The molecule has 4 aromatic rings. The molecule has 18 heteroatoms. The second-order valence-electron chi connectivity index (χ2n) is 12.8. The normalized spacial score (nSPS) is 17.0. The number of nitrogens with zero attached hydrogens (tertiary/aromatic N) is 6. The monoisotopic (exact) mass is 755 g/mol. The number of hydrogen-bond acceptors (Lipinski definition) is 11. The number of benzene rings is 2. The van der Waals surface area contributed by atoms with Crippen molar-refractivity contribution >= 4 is 50.8 Å². The number of piperidine rings is 1. The van der Waals surface area contributed by atoms with Crippen molar-refractivity contribution in [2.75, 3.05) is 59.3 Å². The topological polar surface area (TPSA) is 153 Å². The second kappa shape index (κ2) is 15.3. The fourth-order valence-electron chi connectivity index (χ4n) is 6.22. The van der Waals surface area contributed by atoms with E-state index in [9.17, 15) is 35.6 Å². The van der Waals surface area contributed by atoms with E-state index in [4.69, 9.17) is 0 Å². The van der Waals surface area contributed by atoms with Crippen LogP contribution in [0.3, 0.4) is 0 Å². The lowest BCUT2D eigenvalue weighted by molar-refractivity contribution is -0.137. The Hall–Kier alpha value is -5.36. The lowest BCUT2D eigenvalue weighted by Crippen LogP contribution is -2.46. The Morgan fingerprint density at radius 2 is 1.75 bits per heavy atom. The standard InChI is InChI=1S/C35H37F4N9O4S/c1-46(53(2,51)52)32-23(4-3-13-40-32)19-41-31-28(35(37,38)39)20-42-34(45-31)43-24-6-8-25(9-7-24)48-16-14-47(15-17-48)21-22-5-10-26(29(36)18-22)27-11-12-30(49)44-33(27)50/h3-10,13,18,20,27H,11-12,14-17,19,21H2,1-2H3,(H,44,49,50)(H2,41,42,43,45). The molecule has 0 bridgehead atoms. The van der Waals surface area contributed by atoms with Crippen LogP contribution in [0.25, 0.3) is 0 Å². The fourth-order valence-corrected chi connectivity index (χ4v) is 6.70. The molecule has 2 aromatic heterocycles. The molecule has 3 N–H and O–H groups in total. The predicted octanol–water partition coefficient (Wildman–Crippen LogP) is 4.62. The van der Waals surface area contributed by atoms with Crippen LogP contribution in [0, 0.1) is 5.82 Å². The third kappa shape index (κ3) is 9.00. The van der Waals surface area contributed by atoms with Gasteiger partial charge in [-0.2, -0.15) is 18.2 Å². The van der Waals surface area contributed by atoms with Gasteiger partial charge in [0.25, 0.3) is 0 Å². The minimum Gasteiger partial charge on any atom is -0.369 e. The van der Waals surface area contributed by atoms with Gasteiger partial charge < -0.3 is 15.5 Å². The van der Waals surface area contributed by atoms with Crippen LogP contribution in [0.4, 0.5) is 46.5 Å². The van der Waals surface area contributed by atoms with Gasteiger partial charge in [-0.15, -0.1) is 0 Å². The molecule has 1 atom stereocenters. The number of sulfonamides is 1. The highest BCUT2D eigenvalue weighted by atomic mass is 32.2. The van der Waals surface area contributed by atoms with Gasteiger partial charge in [0.05, 0.1) is 12.2 Å². The molecular weight excluding hydrogens is 719 g/mol. The molecule has 0 saturated carbocycles. The van der Waals surface area contributed by atoms with Crippen molar-refractivity contribution < 1.29 is 35.6 Å². The number of anilines is 5. The maximum absolute atomic E-state index is 15.0. The molecule has 0 spiro atoms. The molecule has 53 heavy (non-hydrogen) atoms. The number of halogens is 4. The van der Waals surface area contributed by atoms with Gasteiger partial charge in [-0.05, 0) is 48.4 Å². The maximum Gasteiger partial charge on any atom is 0.421 e. The molecular formula is C35H37F4N9O4S. The Kier molecular flexibility index (Phi) is 10.8. The number of alkyl halides is 3. The highest BCUT2D eigenvalue weighted by molar-refractivity contribution is 7.92. The van der Waals surface area contributed by atoms with Crippen LogP contribution in [0.5, 0.6) is 0 Å². The molecule has 2 aromatic carbocycles. The summed E-state index contributed by atoms with van der Waals surface area (Å²) in [7, 11) is -2.37. The number of amides is 2. The number of imide groups is 1. The lowest BCUT2D eigenvalue weighted by atomic mass is 9.89. The number of carbonyl (C=O) groups excluding carboxylic acids is 2. The van der Waals surface area contributed by atoms with E-state index >= 15 is 0 Å². The van der Waals surface area contributed by atoms with Crippen molar-refractivity contribution in [2.24, 2.45) is 0 Å². The summed E-state index contributed by atoms with van der Waals surface area (Å²) >= 11 is 0. The summed E-state index contributed by atoms with van der Waals surface area (Å²) in [6, 6.07) is 15.3. The van der Waals surface area contributed by atoms with Crippen molar-refractivity contribution in [1.29, 1.82) is 0 Å². The zero-order chi connectivity index (χ0) is 37.9. The zero-order valence-electron chi connectivity index (χ0n) is 28.8. The molecule has 280 valence electrons. The van der Waals surface area contributed by atoms with Crippen LogP contribution in [0.1, 0.15) is 41.0 Å². The molecule has 13 nitrogen and oxygen atoms in total. The van der Waals surface area contributed by atoms with Crippen LogP contribution in [0.15, 0.2) is 67.0 Å². The Morgan fingerprint density at radius 1 is 1.02 bits per heavy atom. The third-order valence-electron chi connectivity index (χ3n) is 9.15. The molecule has 6 rings (SSSR count). The van der Waals surface area contributed by atoms with Crippen LogP contribution in [0.2, 0.25) is 0 Å². The van der Waals surface area contributed by atoms with E-state index in [0.29, 0.717) is 42.6 Å².